The number of benzene rings is 3. The quantitative estimate of drug-likeness (QED) is 0.277. The van der Waals surface area contributed by atoms with E-state index in [1.807, 2.05) is 30.3 Å². The molecule has 5 N–H and O–H groups in total. The predicted molar refractivity (Wildman–Crippen MR) is 150 cm³/mol. The predicted octanol–water partition coefficient (Wildman–Crippen LogP) is 3.35. The molecule has 41 heavy (non-hydrogen) atoms. The minimum atomic E-state index is -1.05. The van der Waals surface area contributed by atoms with Crippen LogP contribution in [0.3, 0.4) is 0 Å². The van der Waals surface area contributed by atoms with Gasteiger partial charge in [0, 0.05) is 40.9 Å². The average Bonchev–Trinajstić information content (AvgIpc) is 3.58. The van der Waals surface area contributed by atoms with E-state index in [9.17, 15) is 19.2 Å². The van der Waals surface area contributed by atoms with Crippen LogP contribution in [0.1, 0.15) is 38.4 Å². The smallest absolute Gasteiger partial charge is 0.412 e. The Morgan fingerprint density at radius 1 is 1.12 bits per heavy atom. The van der Waals surface area contributed by atoms with E-state index in [0.29, 0.717) is 40.1 Å². The van der Waals surface area contributed by atoms with Gasteiger partial charge in [-0.25, -0.2) is 4.79 Å². The monoisotopic (exact) mass is 572 g/mol. The van der Waals surface area contributed by atoms with Gasteiger partial charge in [0.25, 0.3) is 11.8 Å². The number of likely N-dealkylation sites (tertiary alicyclic amines) is 1. The van der Waals surface area contributed by atoms with Gasteiger partial charge in [0.1, 0.15) is 6.04 Å². The zero-order valence-electron chi connectivity index (χ0n) is 21.6. The summed E-state index contributed by atoms with van der Waals surface area (Å²) in [6.07, 6.45) is 0.0259. The molecule has 4 amide bonds. The number of fused-ring (bicyclic) bond motifs is 3. The molecule has 208 valence electrons. The lowest BCUT2D eigenvalue weighted by Crippen LogP contribution is -2.50. The first-order chi connectivity index (χ1) is 19.7. The number of anilines is 1. The van der Waals surface area contributed by atoms with Crippen molar-refractivity contribution in [3.63, 3.8) is 0 Å². The number of amides is 4. The van der Waals surface area contributed by atoms with Gasteiger partial charge in [0.05, 0.1) is 17.7 Å². The van der Waals surface area contributed by atoms with Crippen molar-refractivity contribution in [3.05, 3.63) is 94.1 Å². The number of rotatable bonds is 6. The van der Waals surface area contributed by atoms with E-state index in [-0.39, 0.29) is 30.1 Å². The highest BCUT2D eigenvalue weighted by Gasteiger charge is 2.49. The number of carbonyl (C=O) groups excluding carboxylic acids is 4. The number of H-pyrrole nitrogens is 1. The van der Waals surface area contributed by atoms with Crippen LogP contribution in [-0.2, 0) is 21.6 Å². The molecule has 0 bridgehead atoms. The van der Waals surface area contributed by atoms with E-state index >= 15 is 0 Å². The Kier molecular flexibility index (Phi) is 6.58. The van der Waals surface area contributed by atoms with Crippen molar-refractivity contribution in [1.82, 2.24) is 20.4 Å². The van der Waals surface area contributed by atoms with Crippen LogP contribution >= 0.6 is 11.6 Å². The number of carbonyl (C=O) groups is 4. The van der Waals surface area contributed by atoms with E-state index in [2.05, 4.69) is 20.8 Å². The molecule has 0 aliphatic carbocycles. The van der Waals surface area contributed by atoms with Crippen molar-refractivity contribution in [1.29, 1.82) is 0 Å². The standard InChI is InChI=1S/C29H25ClN6O5/c30-18-7-9-21-20(14-18)29(41-28(40)33-21)10-11-36(15-29)27(39)23(12-16-4-2-1-3-5-16)32-26(38)17-6-8-19-22(13-17)34-35-24(19)25(31)37/h1-9,13-14,23H,10-12,15H2,(H2,31,37)(H,32,38)(H,33,40)(H,34,35)/t23-,29-/m0/s1. The van der Waals surface area contributed by atoms with Crippen molar-refractivity contribution < 1.29 is 23.9 Å². The first kappa shape index (κ1) is 26.3. The Hall–Kier alpha value is -4.90. The second-order valence-corrected chi connectivity index (χ2v) is 10.6. The van der Waals surface area contributed by atoms with Crippen LogP contribution < -0.4 is 16.4 Å². The summed E-state index contributed by atoms with van der Waals surface area (Å²) in [5.41, 5.74) is 7.28. The van der Waals surface area contributed by atoms with Crippen LogP contribution in [0.25, 0.3) is 10.9 Å². The highest BCUT2D eigenvalue weighted by atomic mass is 35.5. The van der Waals surface area contributed by atoms with E-state index in [1.54, 1.807) is 41.3 Å². The molecule has 0 saturated carbocycles. The fourth-order valence-electron chi connectivity index (χ4n) is 5.50. The van der Waals surface area contributed by atoms with Gasteiger partial charge in [-0.1, -0.05) is 41.9 Å². The summed E-state index contributed by atoms with van der Waals surface area (Å²) >= 11 is 6.26. The first-order valence-electron chi connectivity index (χ1n) is 12.9. The van der Waals surface area contributed by atoms with E-state index in [0.717, 1.165) is 5.56 Å². The molecule has 0 unspecified atom stereocenters. The summed E-state index contributed by atoms with van der Waals surface area (Å²) in [5.74, 6) is -1.47. The van der Waals surface area contributed by atoms with Gasteiger partial charge >= 0.3 is 6.09 Å². The lowest BCUT2D eigenvalue weighted by Gasteiger charge is -2.35. The fourth-order valence-corrected chi connectivity index (χ4v) is 5.68. The number of hydrogen-bond acceptors (Lipinski definition) is 6. The number of nitrogens with zero attached hydrogens (tertiary/aromatic N) is 2. The molecule has 1 spiro atoms. The third-order valence-corrected chi connectivity index (χ3v) is 7.72. The fraction of sp³-hybridized carbons (Fsp3) is 0.207. The second-order valence-electron chi connectivity index (χ2n) is 10.1. The lowest BCUT2D eigenvalue weighted by molar-refractivity contribution is -0.133. The molecule has 1 aromatic heterocycles. The molecule has 6 rings (SSSR count). The zero-order valence-corrected chi connectivity index (χ0v) is 22.4. The van der Waals surface area contributed by atoms with Crippen molar-refractivity contribution in [2.75, 3.05) is 18.4 Å². The number of halogens is 1. The molecular weight excluding hydrogens is 548 g/mol. The zero-order chi connectivity index (χ0) is 28.7. The number of ether oxygens (including phenoxy) is 1. The van der Waals surface area contributed by atoms with Crippen LogP contribution in [0.5, 0.6) is 0 Å². The molecule has 3 heterocycles. The number of primary amides is 1. The van der Waals surface area contributed by atoms with Crippen molar-refractivity contribution in [2.24, 2.45) is 5.73 Å². The van der Waals surface area contributed by atoms with Crippen LogP contribution in [0.4, 0.5) is 10.5 Å². The largest absolute Gasteiger partial charge is 0.436 e. The second kappa shape index (κ2) is 10.3. The van der Waals surface area contributed by atoms with Crippen molar-refractivity contribution in [3.8, 4) is 0 Å². The van der Waals surface area contributed by atoms with Gasteiger partial charge in [-0.15, -0.1) is 0 Å². The maximum absolute atomic E-state index is 14.0. The maximum atomic E-state index is 14.0. The minimum absolute atomic E-state index is 0.0773. The Balaban J connectivity index is 1.27. The highest BCUT2D eigenvalue weighted by molar-refractivity contribution is 6.30. The van der Waals surface area contributed by atoms with Gasteiger partial charge in [-0.2, -0.15) is 5.10 Å². The number of nitrogens with one attached hydrogen (secondary N) is 3. The van der Waals surface area contributed by atoms with E-state index in [4.69, 9.17) is 22.1 Å². The average molecular weight is 573 g/mol. The van der Waals surface area contributed by atoms with Crippen LogP contribution in [0, 0.1) is 0 Å². The molecule has 1 saturated heterocycles. The topological polar surface area (TPSA) is 160 Å². The summed E-state index contributed by atoms with van der Waals surface area (Å²) in [4.78, 5) is 53.0. The number of hydrogen-bond donors (Lipinski definition) is 4. The van der Waals surface area contributed by atoms with Crippen LogP contribution in [0.2, 0.25) is 5.02 Å². The molecule has 12 heteroatoms. The van der Waals surface area contributed by atoms with Crippen molar-refractivity contribution in [2.45, 2.75) is 24.5 Å². The molecule has 4 aromatic rings. The number of nitrogens with two attached hydrogens (primary N) is 1. The molecule has 3 aromatic carbocycles. The van der Waals surface area contributed by atoms with Crippen molar-refractivity contribution >= 4 is 52.0 Å². The van der Waals surface area contributed by atoms with Crippen LogP contribution in [-0.4, -0.2) is 58.0 Å². The van der Waals surface area contributed by atoms with Gasteiger partial charge in [0.15, 0.2) is 11.3 Å². The number of aromatic amines is 1. The summed E-state index contributed by atoms with van der Waals surface area (Å²) in [6, 6.07) is 18.3. The summed E-state index contributed by atoms with van der Waals surface area (Å²) in [7, 11) is 0. The highest BCUT2D eigenvalue weighted by Crippen LogP contribution is 2.43. The van der Waals surface area contributed by atoms with E-state index < -0.39 is 29.6 Å². The molecule has 2 aliphatic heterocycles. The first-order valence-corrected chi connectivity index (χ1v) is 13.3. The summed E-state index contributed by atoms with van der Waals surface area (Å²) in [5, 5.41) is 13.2. The Morgan fingerprint density at radius 2 is 1.93 bits per heavy atom. The molecular formula is C29H25ClN6O5. The molecule has 2 aliphatic rings. The SMILES string of the molecule is NC(=O)c1n[nH]c2cc(C(=O)N[C@@H](Cc3ccccc3)C(=O)N3CC[C@@]4(C3)OC(=O)Nc3ccc(Cl)cc34)ccc12. The van der Waals surface area contributed by atoms with Gasteiger partial charge in [0.2, 0.25) is 5.91 Å². The third-order valence-electron chi connectivity index (χ3n) is 7.49. The van der Waals surface area contributed by atoms with Gasteiger partial charge in [-0.05, 0) is 42.0 Å². The Labute approximate surface area is 239 Å². The molecule has 2 atom stereocenters. The molecule has 0 radical (unpaired) electrons. The Morgan fingerprint density at radius 3 is 2.71 bits per heavy atom. The Bertz CT molecular complexity index is 1710. The van der Waals surface area contributed by atoms with Crippen LogP contribution in [0.15, 0.2) is 66.7 Å². The molecule has 1 fully saturated rings. The minimum Gasteiger partial charge on any atom is -0.436 e. The maximum Gasteiger partial charge on any atom is 0.412 e. The summed E-state index contributed by atoms with van der Waals surface area (Å²) < 4.78 is 5.77. The lowest BCUT2D eigenvalue weighted by atomic mass is 9.90. The molecule has 11 nitrogen and oxygen atoms in total. The van der Waals surface area contributed by atoms with Gasteiger partial charge in [-0.3, -0.25) is 24.8 Å². The normalized spacial score (nSPS) is 18.5. The van der Waals surface area contributed by atoms with E-state index in [1.165, 1.54) is 0 Å². The third kappa shape index (κ3) is 4.95. The number of aromatic nitrogens is 2. The summed E-state index contributed by atoms with van der Waals surface area (Å²) in [6.45, 7) is 0.430. The van der Waals surface area contributed by atoms with Gasteiger partial charge < -0.3 is 20.7 Å².